The maximum atomic E-state index is 12.3. The molecule has 1 N–H and O–H groups in total. The first kappa shape index (κ1) is 19.0. The smallest absolute Gasteiger partial charge is 0.260 e. The number of halogens is 1. The Kier molecular flexibility index (Phi) is 7.34. The number of ether oxygens (including phenoxy) is 1. The lowest BCUT2D eigenvalue weighted by Crippen LogP contribution is -2.49. The highest BCUT2D eigenvalue weighted by atomic mass is 35.5. The first-order chi connectivity index (χ1) is 11.3. The molecule has 1 aromatic carbocycles. The second kappa shape index (κ2) is 9.25. The Balaban J connectivity index is 0.00000208. The fraction of sp³-hybridized carbons (Fsp3) is 0.611. The Morgan fingerprint density at radius 2 is 1.92 bits per heavy atom. The minimum atomic E-state index is 0. The molecule has 6 heteroatoms. The average molecular weight is 354 g/mol. The molecule has 1 amide bonds. The number of amides is 1. The van der Waals surface area contributed by atoms with Crippen LogP contribution in [0.25, 0.3) is 0 Å². The van der Waals surface area contributed by atoms with Gasteiger partial charge in [-0.05, 0) is 30.5 Å². The maximum absolute atomic E-state index is 12.3. The van der Waals surface area contributed by atoms with Crippen LogP contribution in [0.1, 0.15) is 18.9 Å². The number of aryl methyl sites for hydroxylation is 1. The molecule has 0 saturated carbocycles. The van der Waals surface area contributed by atoms with Gasteiger partial charge in [0.05, 0.1) is 0 Å². The second-order valence-corrected chi connectivity index (χ2v) is 6.35. The molecule has 0 bridgehead atoms. The van der Waals surface area contributed by atoms with E-state index in [4.69, 9.17) is 4.74 Å². The summed E-state index contributed by atoms with van der Waals surface area (Å²) in [4.78, 5) is 16.8. The molecule has 5 nitrogen and oxygen atoms in total. The summed E-state index contributed by atoms with van der Waals surface area (Å²) in [6, 6.07) is 8.51. The molecular weight excluding hydrogens is 326 g/mol. The molecule has 1 atom stereocenters. The monoisotopic (exact) mass is 353 g/mol. The number of hydrogen-bond donors (Lipinski definition) is 1. The van der Waals surface area contributed by atoms with Crippen molar-refractivity contribution in [1.29, 1.82) is 0 Å². The summed E-state index contributed by atoms with van der Waals surface area (Å²) in [5, 5.41) is 3.38. The molecule has 2 aliphatic rings. The highest BCUT2D eigenvalue weighted by Crippen LogP contribution is 2.17. The van der Waals surface area contributed by atoms with Gasteiger partial charge in [0.25, 0.3) is 5.91 Å². The predicted molar refractivity (Wildman–Crippen MR) is 98.0 cm³/mol. The molecule has 2 aliphatic heterocycles. The first-order valence-electron chi connectivity index (χ1n) is 8.70. The maximum Gasteiger partial charge on any atom is 0.260 e. The summed E-state index contributed by atoms with van der Waals surface area (Å²) in [5.74, 6) is 0.871. The number of rotatable bonds is 5. The van der Waals surface area contributed by atoms with E-state index < -0.39 is 0 Å². The first-order valence-corrected chi connectivity index (χ1v) is 8.70. The third kappa shape index (κ3) is 4.85. The predicted octanol–water partition coefficient (Wildman–Crippen LogP) is 1.56. The number of piperazine rings is 1. The van der Waals surface area contributed by atoms with Crippen molar-refractivity contribution in [2.24, 2.45) is 0 Å². The number of nitrogens with zero attached hydrogens (tertiary/aromatic N) is 2. The van der Waals surface area contributed by atoms with Crippen LogP contribution in [0.2, 0.25) is 0 Å². The van der Waals surface area contributed by atoms with Crippen LogP contribution in [0.4, 0.5) is 0 Å². The Labute approximate surface area is 150 Å². The van der Waals surface area contributed by atoms with Crippen LogP contribution in [0.5, 0.6) is 5.75 Å². The van der Waals surface area contributed by atoms with Crippen molar-refractivity contribution in [1.82, 2.24) is 15.1 Å². The zero-order valence-electron chi connectivity index (χ0n) is 14.4. The van der Waals surface area contributed by atoms with Crippen molar-refractivity contribution in [3.05, 3.63) is 29.8 Å². The average Bonchev–Trinajstić information content (AvgIpc) is 3.11. The van der Waals surface area contributed by atoms with Gasteiger partial charge in [-0.15, -0.1) is 12.4 Å². The Bertz CT molecular complexity index is 518. The molecule has 0 aliphatic carbocycles. The highest BCUT2D eigenvalue weighted by molar-refractivity contribution is 5.85. The van der Waals surface area contributed by atoms with Gasteiger partial charge < -0.3 is 15.0 Å². The Morgan fingerprint density at radius 1 is 1.21 bits per heavy atom. The number of nitrogens with one attached hydrogen (secondary N) is 1. The van der Waals surface area contributed by atoms with E-state index in [2.05, 4.69) is 29.3 Å². The van der Waals surface area contributed by atoms with Crippen LogP contribution in [0.3, 0.4) is 0 Å². The number of likely N-dealkylation sites (tertiary alicyclic amines) is 1. The molecule has 134 valence electrons. The lowest BCUT2D eigenvalue weighted by Gasteiger charge is -2.32. The minimum absolute atomic E-state index is 0. The Hall–Kier alpha value is -1.30. The van der Waals surface area contributed by atoms with E-state index in [1.165, 1.54) is 5.56 Å². The normalized spacial score (nSPS) is 21.4. The quantitative estimate of drug-likeness (QED) is 0.872. The summed E-state index contributed by atoms with van der Waals surface area (Å²) < 4.78 is 5.65. The summed E-state index contributed by atoms with van der Waals surface area (Å²) in [6.45, 7) is 8.26. The van der Waals surface area contributed by atoms with Crippen LogP contribution in [-0.4, -0.2) is 67.6 Å². The third-order valence-electron chi connectivity index (χ3n) is 4.88. The van der Waals surface area contributed by atoms with Gasteiger partial charge >= 0.3 is 0 Å². The zero-order chi connectivity index (χ0) is 16.1. The minimum Gasteiger partial charge on any atom is -0.484 e. The van der Waals surface area contributed by atoms with Crippen molar-refractivity contribution >= 4 is 18.3 Å². The standard InChI is InChI=1S/C18H27N3O2.ClH/c1-2-15-3-5-17(6-4-15)23-14-18(22)21-10-7-16(13-21)20-11-8-19-9-12-20;/h3-6,16,19H,2,7-14H2,1H3;1H. The molecule has 3 rings (SSSR count). The molecule has 1 aromatic rings. The van der Waals surface area contributed by atoms with Crippen LogP contribution >= 0.6 is 12.4 Å². The molecule has 0 aromatic heterocycles. The van der Waals surface area contributed by atoms with Gasteiger partial charge in [0.1, 0.15) is 5.75 Å². The van der Waals surface area contributed by atoms with Crippen LogP contribution in [0.15, 0.2) is 24.3 Å². The van der Waals surface area contributed by atoms with E-state index >= 15 is 0 Å². The summed E-state index contributed by atoms with van der Waals surface area (Å²) in [5.41, 5.74) is 1.28. The SMILES string of the molecule is CCc1ccc(OCC(=O)N2CCC(N3CCNCC3)C2)cc1.Cl. The second-order valence-electron chi connectivity index (χ2n) is 6.35. The zero-order valence-corrected chi connectivity index (χ0v) is 15.2. The van der Waals surface area contributed by atoms with Gasteiger partial charge in [-0.2, -0.15) is 0 Å². The molecule has 2 heterocycles. The lowest BCUT2D eigenvalue weighted by atomic mass is 10.2. The van der Waals surface area contributed by atoms with Gasteiger partial charge in [0.15, 0.2) is 6.61 Å². The summed E-state index contributed by atoms with van der Waals surface area (Å²) in [6.07, 6.45) is 2.09. The molecule has 24 heavy (non-hydrogen) atoms. The summed E-state index contributed by atoms with van der Waals surface area (Å²) >= 11 is 0. The van der Waals surface area contributed by atoms with Crippen molar-refractivity contribution in [3.8, 4) is 5.75 Å². The fourth-order valence-corrected chi connectivity index (χ4v) is 3.37. The van der Waals surface area contributed by atoms with E-state index in [0.29, 0.717) is 6.04 Å². The van der Waals surface area contributed by atoms with Crippen molar-refractivity contribution in [2.75, 3.05) is 45.9 Å². The van der Waals surface area contributed by atoms with Crippen LogP contribution < -0.4 is 10.1 Å². The largest absolute Gasteiger partial charge is 0.484 e. The van der Waals surface area contributed by atoms with Gasteiger partial charge in [-0.3, -0.25) is 9.69 Å². The van der Waals surface area contributed by atoms with Crippen molar-refractivity contribution < 1.29 is 9.53 Å². The highest BCUT2D eigenvalue weighted by Gasteiger charge is 2.30. The Morgan fingerprint density at radius 3 is 2.58 bits per heavy atom. The number of benzene rings is 1. The van der Waals surface area contributed by atoms with Gasteiger partial charge in [0.2, 0.25) is 0 Å². The van der Waals surface area contributed by atoms with Gasteiger partial charge in [-0.1, -0.05) is 19.1 Å². The van der Waals surface area contributed by atoms with Gasteiger partial charge in [-0.25, -0.2) is 0 Å². The molecular formula is C18H28ClN3O2. The summed E-state index contributed by atoms with van der Waals surface area (Å²) in [7, 11) is 0. The van der Waals surface area contributed by atoms with E-state index in [9.17, 15) is 4.79 Å². The topological polar surface area (TPSA) is 44.8 Å². The van der Waals surface area contributed by atoms with Gasteiger partial charge in [0, 0.05) is 45.3 Å². The van der Waals surface area contributed by atoms with Crippen LogP contribution in [0, 0.1) is 0 Å². The molecule has 0 spiro atoms. The van der Waals surface area contributed by atoms with Crippen molar-refractivity contribution in [2.45, 2.75) is 25.8 Å². The van der Waals surface area contributed by atoms with Crippen LogP contribution in [-0.2, 0) is 11.2 Å². The number of hydrogen-bond acceptors (Lipinski definition) is 4. The number of carbonyl (C=O) groups excluding carboxylic acids is 1. The fourth-order valence-electron chi connectivity index (χ4n) is 3.37. The molecule has 1 unspecified atom stereocenters. The van der Waals surface area contributed by atoms with E-state index in [1.54, 1.807) is 0 Å². The molecule has 2 saturated heterocycles. The van der Waals surface area contributed by atoms with Crippen molar-refractivity contribution in [3.63, 3.8) is 0 Å². The van der Waals surface area contributed by atoms with E-state index in [-0.39, 0.29) is 24.9 Å². The van der Waals surface area contributed by atoms with E-state index in [1.807, 2.05) is 17.0 Å². The lowest BCUT2D eigenvalue weighted by molar-refractivity contribution is -0.132. The third-order valence-corrected chi connectivity index (χ3v) is 4.88. The number of carbonyl (C=O) groups is 1. The van der Waals surface area contributed by atoms with E-state index in [0.717, 1.165) is 57.9 Å². The molecule has 0 radical (unpaired) electrons. The molecule has 2 fully saturated rings.